The zero-order chi connectivity index (χ0) is 31.6. The third-order valence-electron chi connectivity index (χ3n) is 8.47. The van der Waals surface area contributed by atoms with Crippen molar-refractivity contribution in [3.63, 3.8) is 0 Å². The molecule has 7 heteroatoms. The number of esters is 1. The number of likely N-dealkylation sites (tertiary alicyclic amines) is 1. The Bertz CT molecular complexity index is 1370. The fraction of sp³-hybridized carbons (Fsp3) is 0.432. The van der Waals surface area contributed by atoms with Gasteiger partial charge in [0.05, 0.1) is 32.1 Å². The third kappa shape index (κ3) is 8.35. The smallest absolute Gasteiger partial charge is 0.328 e. The monoisotopic (exact) mass is 598 g/mol. The number of amides is 1. The molecule has 0 saturated carbocycles. The van der Waals surface area contributed by atoms with Crippen molar-refractivity contribution in [1.82, 2.24) is 4.90 Å². The Morgan fingerprint density at radius 1 is 0.955 bits per heavy atom. The molecular weight excluding hydrogens is 552 g/mol. The second-order valence-corrected chi connectivity index (χ2v) is 12.3. The number of hydrogen-bond donors (Lipinski definition) is 0. The van der Waals surface area contributed by atoms with Crippen LogP contribution in [0.3, 0.4) is 0 Å². The van der Waals surface area contributed by atoms with Gasteiger partial charge < -0.3 is 19.2 Å². The van der Waals surface area contributed by atoms with Gasteiger partial charge in [-0.25, -0.2) is 4.79 Å². The van der Waals surface area contributed by atoms with Crippen molar-refractivity contribution in [2.45, 2.75) is 72.3 Å². The summed E-state index contributed by atoms with van der Waals surface area (Å²) < 4.78 is 11.4. The Morgan fingerprint density at radius 3 is 2.27 bits per heavy atom. The standard InChI is InChI=1S/C37H46N2O5/c1-25(2)35(43-24-30-10-8-7-9-11-30)28(5)23-44-38-22-29-15-19-32(20-16-29)36(40)39-33(37(41)42-6)21-14-27(4)34(39)31-17-12-26(3)13-18-31/h7-13,15-20,22,25,27-28,33-35H,14,21,23-24H2,1-6H3/b38-22+/t27-,28+,33-,34-,35+/m0/s1. The maximum Gasteiger partial charge on any atom is 0.328 e. The lowest BCUT2D eigenvalue weighted by atomic mass is 9.82. The van der Waals surface area contributed by atoms with Crippen LogP contribution >= 0.6 is 0 Å². The van der Waals surface area contributed by atoms with Gasteiger partial charge in [0.1, 0.15) is 12.6 Å². The molecule has 3 aromatic carbocycles. The molecule has 44 heavy (non-hydrogen) atoms. The van der Waals surface area contributed by atoms with E-state index in [2.05, 4.69) is 57.1 Å². The van der Waals surface area contributed by atoms with E-state index in [1.807, 2.05) is 49.4 Å². The number of piperidine rings is 1. The number of benzene rings is 3. The zero-order valence-electron chi connectivity index (χ0n) is 26.8. The summed E-state index contributed by atoms with van der Waals surface area (Å²) in [6.07, 6.45) is 3.07. The Balaban J connectivity index is 1.41. The van der Waals surface area contributed by atoms with Crippen LogP contribution in [-0.2, 0) is 25.7 Å². The number of oxime groups is 1. The summed E-state index contributed by atoms with van der Waals surface area (Å²) in [5.74, 6) is 0.0854. The van der Waals surface area contributed by atoms with E-state index in [1.165, 1.54) is 7.11 Å². The van der Waals surface area contributed by atoms with Crippen LogP contribution in [0.2, 0.25) is 0 Å². The fourth-order valence-electron chi connectivity index (χ4n) is 6.07. The first-order chi connectivity index (χ1) is 21.2. The van der Waals surface area contributed by atoms with Crippen molar-refractivity contribution >= 4 is 18.1 Å². The minimum atomic E-state index is -0.641. The second-order valence-electron chi connectivity index (χ2n) is 12.3. The van der Waals surface area contributed by atoms with Crippen LogP contribution in [0.25, 0.3) is 0 Å². The molecule has 5 atom stereocenters. The molecule has 1 amide bonds. The highest BCUT2D eigenvalue weighted by Crippen LogP contribution is 2.40. The average molecular weight is 599 g/mol. The highest BCUT2D eigenvalue weighted by Gasteiger charge is 2.43. The predicted molar refractivity (Wildman–Crippen MR) is 173 cm³/mol. The normalized spacial score (nSPS) is 20.0. The van der Waals surface area contributed by atoms with E-state index < -0.39 is 6.04 Å². The van der Waals surface area contributed by atoms with E-state index in [0.29, 0.717) is 31.1 Å². The van der Waals surface area contributed by atoms with Crippen LogP contribution in [0, 0.1) is 24.7 Å². The van der Waals surface area contributed by atoms with E-state index in [9.17, 15) is 9.59 Å². The maximum atomic E-state index is 14.0. The molecule has 0 aliphatic carbocycles. The van der Waals surface area contributed by atoms with Crippen LogP contribution in [0.5, 0.6) is 0 Å². The van der Waals surface area contributed by atoms with E-state index >= 15 is 0 Å². The van der Waals surface area contributed by atoms with Crippen molar-refractivity contribution < 1.29 is 23.9 Å². The van der Waals surface area contributed by atoms with Gasteiger partial charge in [0.15, 0.2) is 0 Å². The van der Waals surface area contributed by atoms with Gasteiger partial charge in [-0.2, -0.15) is 0 Å². The van der Waals surface area contributed by atoms with Crippen LogP contribution < -0.4 is 0 Å². The highest BCUT2D eigenvalue weighted by molar-refractivity contribution is 5.98. The van der Waals surface area contributed by atoms with E-state index in [1.54, 1.807) is 23.2 Å². The Hall–Kier alpha value is -3.97. The molecule has 0 radical (unpaired) electrons. The molecule has 234 valence electrons. The first-order valence-electron chi connectivity index (χ1n) is 15.6. The summed E-state index contributed by atoms with van der Waals surface area (Å²) in [5, 5.41) is 4.18. The molecule has 0 aromatic heterocycles. The molecule has 0 bridgehead atoms. The molecule has 3 aromatic rings. The van der Waals surface area contributed by atoms with Gasteiger partial charge in [-0.15, -0.1) is 0 Å². The van der Waals surface area contributed by atoms with Crippen molar-refractivity contribution in [3.05, 3.63) is 107 Å². The molecule has 1 fully saturated rings. The lowest BCUT2D eigenvalue weighted by Crippen LogP contribution is -2.52. The largest absolute Gasteiger partial charge is 0.467 e. The quantitative estimate of drug-likeness (QED) is 0.124. The topological polar surface area (TPSA) is 77.4 Å². The number of aryl methyl sites for hydroxylation is 1. The summed E-state index contributed by atoms with van der Waals surface area (Å²) in [6.45, 7) is 11.6. The minimum Gasteiger partial charge on any atom is -0.467 e. The predicted octanol–water partition coefficient (Wildman–Crippen LogP) is 7.38. The maximum absolute atomic E-state index is 14.0. The van der Waals surface area contributed by atoms with Gasteiger partial charge in [-0.1, -0.05) is 105 Å². The lowest BCUT2D eigenvalue weighted by molar-refractivity contribution is -0.149. The van der Waals surface area contributed by atoms with Crippen LogP contribution in [0.15, 0.2) is 84.0 Å². The van der Waals surface area contributed by atoms with Gasteiger partial charge in [0.2, 0.25) is 0 Å². The summed E-state index contributed by atoms with van der Waals surface area (Å²) in [7, 11) is 1.38. The molecule has 1 aliphatic heterocycles. The van der Waals surface area contributed by atoms with Crippen molar-refractivity contribution in [3.8, 4) is 0 Å². The summed E-state index contributed by atoms with van der Waals surface area (Å²) in [4.78, 5) is 34.2. The summed E-state index contributed by atoms with van der Waals surface area (Å²) >= 11 is 0. The van der Waals surface area contributed by atoms with Crippen LogP contribution in [0.4, 0.5) is 0 Å². The number of carbonyl (C=O) groups is 2. The SMILES string of the molecule is COC(=O)[C@@H]1CC[C@H](C)[C@@H](c2ccc(C)cc2)N1C(=O)c1ccc(/C=N/OC[C@@H](C)[C@H](OCc2ccccc2)C(C)C)cc1. The van der Waals surface area contributed by atoms with Crippen molar-refractivity contribution in [1.29, 1.82) is 0 Å². The van der Waals surface area contributed by atoms with E-state index in [-0.39, 0.29) is 35.9 Å². The van der Waals surface area contributed by atoms with Crippen LogP contribution in [-0.4, -0.2) is 48.9 Å². The number of nitrogens with zero attached hydrogens (tertiary/aromatic N) is 2. The van der Waals surface area contributed by atoms with Crippen LogP contribution in [0.1, 0.15) is 79.2 Å². The molecule has 1 heterocycles. The summed E-state index contributed by atoms with van der Waals surface area (Å²) in [5.41, 5.74) is 4.62. The third-order valence-corrected chi connectivity index (χ3v) is 8.47. The number of methoxy groups -OCH3 is 1. The molecule has 1 aliphatic rings. The Kier molecular flexibility index (Phi) is 11.7. The van der Waals surface area contributed by atoms with E-state index in [4.69, 9.17) is 14.3 Å². The molecule has 7 nitrogen and oxygen atoms in total. The van der Waals surface area contributed by atoms with Gasteiger partial charge >= 0.3 is 5.97 Å². The number of ether oxygens (including phenoxy) is 2. The molecule has 0 unspecified atom stereocenters. The van der Waals surface area contributed by atoms with Gasteiger partial charge in [-0.05, 0) is 60.4 Å². The molecule has 0 spiro atoms. The number of carbonyl (C=O) groups excluding carboxylic acids is 2. The zero-order valence-corrected chi connectivity index (χ0v) is 26.8. The van der Waals surface area contributed by atoms with Gasteiger partial charge in [0, 0.05) is 11.5 Å². The van der Waals surface area contributed by atoms with Crippen molar-refractivity contribution in [2.75, 3.05) is 13.7 Å². The number of rotatable bonds is 12. The first-order valence-corrected chi connectivity index (χ1v) is 15.6. The van der Waals surface area contributed by atoms with Gasteiger partial charge in [-0.3, -0.25) is 4.79 Å². The molecular formula is C37H46N2O5. The first kappa shape index (κ1) is 32.9. The minimum absolute atomic E-state index is 0.0331. The Morgan fingerprint density at radius 2 is 1.64 bits per heavy atom. The number of hydrogen-bond acceptors (Lipinski definition) is 6. The molecule has 1 saturated heterocycles. The highest BCUT2D eigenvalue weighted by atomic mass is 16.6. The summed E-state index contributed by atoms with van der Waals surface area (Å²) in [6, 6.07) is 24.7. The molecule has 4 rings (SSSR count). The van der Waals surface area contributed by atoms with E-state index in [0.717, 1.165) is 28.7 Å². The van der Waals surface area contributed by atoms with Gasteiger partial charge in [0.25, 0.3) is 5.91 Å². The second kappa shape index (κ2) is 15.7. The van der Waals surface area contributed by atoms with Crippen molar-refractivity contribution in [2.24, 2.45) is 22.9 Å². The molecule has 0 N–H and O–H groups in total. The fourth-order valence-corrected chi connectivity index (χ4v) is 6.07. The lowest BCUT2D eigenvalue weighted by Gasteiger charge is -2.44. The average Bonchev–Trinajstić information content (AvgIpc) is 3.03. The Labute approximate surface area is 262 Å².